The van der Waals surface area contributed by atoms with Gasteiger partial charge in [-0.2, -0.15) is 0 Å². The van der Waals surface area contributed by atoms with Crippen molar-refractivity contribution in [2.45, 2.75) is 109 Å². The summed E-state index contributed by atoms with van der Waals surface area (Å²) in [6, 6.07) is 0. The monoisotopic (exact) mass is 466 g/mol. The number of aliphatic hydroxyl groups excluding tert-OH is 5. The van der Waals surface area contributed by atoms with E-state index in [-0.39, 0.29) is 41.4 Å². The molecular weight excluding hydrogens is 420 g/mol. The van der Waals surface area contributed by atoms with Crippen LogP contribution in [0.15, 0.2) is 12.2 Å². The molecule has 3 unspecified atom stereocenters. The fraction of sp³-hybridized carbons (Fsp3) is 0.926. The summed E-state index contributed by atoms with van der Waals surface area (Å²) in [4.78, 5) is 0. The maximum absolute atomic E-state index is 12.3. The first-order valence-corrected chi connectivity index (χ1v) is 13.1. The van der Waals surface area contributed by atoms with Crippen molar-refractivity contribution >= 4 is 0 Å². The molecule has 6 N–H and O–H groups in total. The Morgan fingerprint density at radius 1 is 0.848 bits per heavy atom. The Hall–Kier alpha value is -0.500. The lowest BCUT2D eigenvalue weighted by molar-refractivity contribution is -0.280. The van der Waals surface area contributed by atoms with Crippen molar-refractivity contribution in [3.8, 4) is 0 Å². The minimum Gasteiger partial charge on any atom is -0.393 e. The average molecular weight is 467 g/mol. The largest absolute Gasteiger partial charge is 0.393 e. The molecule has 0 bridgehead atoms. The van der Waals surface area contributed by atoms with Crippen LogP contribution in [0, 0.1) is 46.3 Å². The van der Waals surface area contributed by atoms with Gasteiger partial charge >= 0.3 is 0 Å². The molecule has 0 spiro atoms. The Morgan fingerprint density at radius 2 is 1.48 bits per heavy atom. The number of fused-ring (bicyclic) bond motifs is 5. The third-order valence-electron chi connectivity index (χ3n) is 10.7. The maximum Gasteiger partial charge on any atom is 0.0857 e. The van der Waals surface area contributed by atoms with E-state index in [0.717, 1.165) is 12.8 Å². The molecule has 0 aliphatic heterocycles. The smallest absolute Gasteiger partial charge is 0.0857 e. The zero-order valence-corrected chi connectivity index (χ0v) is 20.9. The van der Waals surface area contributed by atoms with Crippen molar-refractivity contribution in [1.29, 1.82) is 0 Å². The average Bonchev–Trinajstić information content (AvgIpc) is 3.00. The van der Waals surface area contributed by atoms with Gasteiger partial charge in [-0.3, -0.25) is 0 Å². The Bertz CT molecular complexity index is 755. The van der Waals surface area contributed by atoms with Crippen LogP contribution in [0.25, 0.3) is 0 Å². The molecule has 13 atom stereocenters. The first-order chi connectivity index (χ1) is 15.3. The molecule has 0 radical (unpaired) electrons. The SMILES string of the molecule is CC(C)[C@@H](O)/C=C/[C@@H](C)[C@H]1C[C@@H](O)C2[C@]3(O)C[C@H](O)C4[C@@H](O)[C@@H](O)CC[C@]4(C)C3CC[C@@]21C. The van der Waals surface area contributed by atoms with E-state index < -0.39 is 47.5 Å². The van der Waals surface area contributed by atoms with Gasteiger partial charge in [0.25, 0.3) is 0 Å². The van der Waals surface area contributed by atoms with Crippen LogP contribution in [0.3, 0.4) is 0 Å². The first kappa shape index (κ1) is 25.6. The van der Waals surface area contributed by atoms with Crippen molar-refractivity contribution in [1.82, 2.24) is 0 Å². The van der Waals surface area contributed by atoms with Gasteiger partial charge in [-0.1, -0.05) is 46.8 Å². The molecule has 4 aliphatic carbocycles. The lowest BCUT2D eigenvalue weighted by Crippen LogP contribution is -2.70. The molecule has 0 aromatic carbocycles. The van der Waals surface area contributed by atoms with E-state index in [9.17, 15) is 30.6 Å². The molecule has 0 heterocycles. The summed E-state index contributed by atoms with van der Waals surface area (Å²) in [6.07, 6.45) is 3.49. The van der Waals surface area contributed by atoms with Crippen LogP contribution in [0.4, 0.5) is 0 Å². The summed E-state index contributed by atoms with van der Waals surface area (Å²) >= 11 is 0. The Kier molecular flexibility index (Phi) is 6.64. The second-order valence-corrected chi connectivity index (χ2v) is 12.9. The molecule has 4 saturated carbocycles. The molecule has 33 heavy (non-hydrogen) atoms. The summed E-state index contributed by atoms with van der Waals surface area (Å²) in [5.74, 6) is -0.503. The minimum absolute atomic E-state index is 0.127. The van der Waals surface area contributed by atoms with Crippen LogP contribution in [0.2, 0.25) is 0 Å². The fourth-order valence-corrected chi connectivity index (χ4v) is 9.09. The quantitative estimate of drug-likeness (QED) is 0.354. The van der Waals surface area contributed by atoms with Crippen molar-refractivity contribution in [2.24, 2.45) is 46.3 Å². The van der Waals surface area contributed by atoms with Crippen LogP contribution in [-0.2, 0) is 0 Å². The zero-order valence-electron chi connectivity index (χ0n) is 20.9. The summed E-state index contributed by atoms with van der Waals surface area (Å²) < 4.78 is 0. The molecular formula is C27H46O6. The van der Waals surface area contributed by atoms with Gasteiger partial charge in [0.15, 0.2) is 0 Å². The van der Waals surface area contributed by atoms with Crippen molar-refractivity contribution in [3.63, 3.8) is 0 Å². The van der Waals surface area contributed by atoms with Gasteiger partial charge < -0.3 is 30.6 Å². The van der Waals surface area contributed by atoms with E-state index in [1.807, 2.05) is 19.9 Å². The van der Waals surface area contributed by atoms with Gasteiger partial charge in [0, 0.05) is 18.3 Å². The van der Waals surface area contributed by atoms with Gasteiger partial charge in [-0.25, -0.2) is 0 Å². The van der Waals surface area contributed by atoms with Gasteiger partial charge in [-0.15, -0.1) is 0 Å². The number of allylic oxidation sites excluding steroid dienone is 1. The number of rotatable bonds is 4. The second-order valence-electron chi connectivity index (χ2n) is 12.9. The third-order valence-corrected chi connectivity index (χ3v) is 10.7. The molecule has 4 rings (SSSR count). The Morgan fingerprint density at radius 3 is 2.12 bits per heavy atom. The van der Waals surface area contributed by atoms with Crippen LogP contribution in [-0.4, -0.2) is 66.8 Å². The minimum atomic E-state index is -1.21. The van der Waals surface area contributed by atoms with E-state index in [1.165, 1.54) is 0 Å². The molecule has 0 amide bonds. The predicted octanol–water partition coefficient (Wildman–Crippen LogP) is 2.24. The van der Waals surface area contributed by atoms with Crippen LogP contribution in [0.1, 0.15) is 73.1 Å². The molecule has 0 aromatic rings. The Labute approximate surface area is 198 Å². The molecule has 190 valence electrons. The highest BCUT2D eigenvalue weighted by Gasteiger charge is 2.71. The van der Waals surface area contributed by atoms with E-state index in [1.54, 1.807) is 0 Å². The fourth-order valence-electron chi connectivity index (χ4n) is 9.09. The summed E-state index contributed by atoms with van der Waals surface area (Å²) in [7, 11) is 0. The van der Waals surface area contributed by atoms with Gasteiger partial charge in [0.2, 0.25) is 0 Å². The van der Waals surface area contributed by atoms with E-state index in [0.29, 0.717) is 19.3 Å². The molecule has 6 nitrogen and oxygen atoms in total. The second kappa shape index (κ2) is 8.56. The van der Waals surface area contributed by atoms with Crippen molar-refractivity contribution in [3.05, 3.63) is 12.2 Å². The molecule has 0 aromatic heterocycles. The van der Waals surface area contributed by atoms with Gasteiger partial charge in [-0.05, 0) is 66.6 Å². The topological polar surface area (TPSA) is 121 Å². The van der Waals surface area contributed by atoms with E-state index >= 15 is 0 Å². The summed E-state index contributed by atoms with van der Waals surface area (Å²) in [6.45, 7) is 10.4. The summed E-state index contributed by atoms with van der Waals surface area (Å²) in [5, 5.41) is 66.1. The van der Waals surface area contributed by atoms with E-state index in [4.69, 9.17) is 0 Å². The van der Waals surface area contributed by atoms with Crippen LogP contribution in [0.5, 0.6) is 0 Å². The van der Waals surface area contributed by atoms with E-state index in [2.05, 4.69) is 26.8 Å². The van der Waals surface area contributed by atoms with Crippen LogP contribution >= 0.6 is 0 Å². The normalized spacial score (nSPS) is 54.1. The van der Waals surface area contributed by atoms with Gasteiger partial charge in [0.1, 0.15) is 0 Å². The zero-order chi connectivity index (χ0) is 24.5. The lowest BCUT2D eigenvalue weighted by atomic mass is 9.41. The highest BCUT2D eigenvalue weighted by atomic mass is 16.3. The maximum atomic E-state index is 12.3. The first-order valence-electron chi connectivity index (χ1n) is 13.1. The number of hydrogen-bond acceptors (Lipinski definition) is 6. The highest BCUT2D eigenvalue weighted by molar-refractivity contribution is 5.21. The highest BCUT2D eigenvalue weighted by Crippen LogP contribution is 2.69. The van der Waals surface area contributed by atoms with Crippen LogP contribution < -0.4 is 0 Å². The Balaban J connectivity index is 1.65. The number of aliphatic hydroxyl groups is 6. The van der Waals surface area contributed by atoms with Gasteiger partial charge in [0.05, 0.1) is 36.1 Å². The third kappa shape index (κ3) is 3.75. The molecule has 4 aliphatic rings. The van der Waals surface area contributed by atoms with Crippen molar-refractivity contribution in [2.75, 3.05) is 0 Å². The standard InChI is InChI=1S/C27H46O6/c1-14(2)17(28)7-6-15(3)16-12-19(30)24-25(16,4)11-9-21-26(5)10-8-18(29)23(32)22(26)20(31)13-27(21,24)33/h6-7,14-24,28-33H,8-13H2,1-5H3/b7-6+/t15-,16-,17+,18+,19-,20+,21?,22?,23+,24?,25-,26-,27+/m1/s1. The molecule has 4 fully saturated rings. The predicted molar refractivity (Wildman–Crippen MR) is 126 cm³/mol. The lowest BCUT2D eigenvalue weighted by Gasteiger charge is -2.66. The van der Waals surface area contributed by atoms with Crippen molar-refractivity contribution < 1.29 is 30.6 Å². The molecule has 6 heteroatoms. The molecule has 0 saturated heterocycles. The number of hydrogen-bond donors (Lipinski definition) is 6. The summed E-state index contributed by atoms with van der Waals surface area (Å²) in [5.41, 5.74) is -1.99.